The minimum atomic E-state index is -5.07. The molecule has 0 aromatic carbocycles. The van der Waals surface area contributed by atoms with Gasteiger partial charge in [-0.1, -0.05) is 230 Å². The van der Waals surface area contributed by atoms with E-state index in [2.05, 4.69) is 54.5 Å². The molecule has 1 saturated heterocycles. The van der Waals surface area contributed by atoms with E-state index in [1.54, 1.807) is 0 Å². The molecular formula is C56H104O12S. The lowest BCUT2D eigenvalue weighted by Gasteiger charge is -2.41. The molecule has 4 N–H and O–H groups in total. The molecule has 12 nitrogen and oxygen atoms in total. The van der Waals surface area contributed by atoms with Crippen molar-refractivity contribution in [3.05, 3.63) is 36.5 Å². The second-order valence-corrected chi connectivity index (χ2v) is 20.6. The third kappa shape index (κ3) is 40.5. The molecule has 1 aliphatic rings. The van der Waals surface area contributed by atoms with Crippen molar-refractivity contribution in [1.82, 2.24) is 0 Å². The molecule has 6 atom stereocenters. The monoisotopic (exact) mass is 1000 g/mol. The predicted octanol–water partition coefficient (Wildman–Crippen LogP) is 13.7. The van der Waals surface area contributed by atoms with Crippen LogP contribution in [0.2, 0.25) is 0 Å². The van der Waals surface area contributed by atoms with Gasteiger partial charge < -0.3 is 34.3 Å². The van der Waals surface area contributed by atoms with E-state index in [0.717, 1.165) is 57.8 Å². The molecule has 0 spiro atoms. The van der Waals surface area contributed by atoms with E-state index in [9.17, 15) is 33.1 Å². The summed E-state index contributed by atoms with van der Waals surface area (Å²) >= 11 is 0. The number of hydrogen-bond donors (Lipinski definition) is 4. The highest BCUT2D eigenvalue weighted by Gasteiger charge is 2.48. The first-order valence-corrected chi connectivity index (χ1v) is 29.6. The third-order valence-corrected chi connectivity index (χ3v) is 13.5. The van der Waals surface area contributed by atoms with E-state index in [4.69, 9.17) is 18.9 Å². The summed E-state index contributed by atoms with van der Waals surface area (Å²) in [6.07, 6.45) is 48.9. The molecule has 6 unspecified atom stereocenters. The number of aliphatic hydroxyl groups excluding tert-OH is 3. The van der Waals surface area contributed by atoms with Crippen LogP contribution in [0.5, 0.6) is 0 Å². The summed E-state index contributed by atoms with van der Waals surface area (Å²) in [7, 11) is -5.07. The number of hydrogen-bond acceptors (Lipinski definition) is 11. The topological polar surface area (TPSA) is 178 Å². The molecular weight excluding hydrogens is 897 g/mol. The number of allylic oxidation sites excluding steroid dienone is 6. The lowest BCUT2D eigenvalue weighted by molar-refractivity contribution is -0.301. The summed E-state index contributed by atoms with van der Waals surface area (Å²) in [5.74, 6) is -0.398. The zero-order valence-corrected chi connectivity index (χ0v) is 44.7. The first-order valence-electron chi connectivity index (χ1n) is 28.2. The van der Waals surface area contributed by atoms with Crippen molar-refractivity contribution in [2.75, 3.05) is 26.4 Å². The zero-order valence-electron chi connectivity index (χ0n) is 43.9. The van der Waals surface area contributed by atoms with Crippen molar-refractivity contribution in [1.29, 1.82) is 0 Å². The van der Waals surface area contributed by atoms with Gasteiger partial charge in [-0.05, 0) is 51.4 Å². The zero-order chi connectivity index (χ0) is 50.3. The summed E-state index contributed by atoms with van der Waals surface area (Å²) < 4.78 is 59.4. The summed E-state index contributed by atoms with van der Waals surface area (Å²) in [5.41, 5.74) is 0. The van der Waals surface area contributed by atoms with Crippen molar-refractivity contribution in [3.63, 3.8) is 0 Å². The molecule has 1 rings (SSSR count). The Kier molecular flexibility index (Phi) is 44.8. The maximum absolute atomic E-state index is 12.9. The maximum atomic E-state index is 12.9. The summed E-state index contributed by atoms with van der Waals surface area (Å²) in [6.45, 7) is 4.00. The first kappa shape index (κ1) is 65.3. The largest absolute Gasteiger partial charge is 0.457 e. The lowest BCUT2D eigenvalue weighted by Crippen LogP contribution is -2.60. The fourth-order valence-corrected chi connectivity index (χ4v) is 9.25. The van der Waals surface area contributed by atoms with Crippen LogP contribution in [0.4, 0.5) is 0 Å². The Morgan fingerprint density at radius 3 is 1.39 bits per heavy atom. The first-order chi connectivity index (χ1) is 33.6. The Bertz CT molecular complexity index is 1340. The SMILES string of the molecule is CCCCCCC/C=C\C/C=C\C/C=C\CCCCCCCCCOCC(COC1OC(CO)C(O)C(OS(=O)(=O)O)C1O)OC(=O)CCCCCCCCCCCCCCCCCCCCCC. The molecule has 69 heavy (non-hydrogen) atoms. The van der Waals surface area contributed by atoms with Crippen LogP contribution in [0.25, 0.3) is 0 Å². The van der Waals surface area contributed by atoms with Gasteiger partial charge in [0.25, 0.3) is 0 Å². The Labute approximate surface area is 422 Å². The highest BCUT2D eigenvalue weighted by atomic mass is 32.3. The average Bonchev–Trinajstić information content (AvgIpc) is 3.32. The van der Waals surface area contributed by atoms with Crippen molar-refractivity contribution in [2.45, 2.75) is 288 Å². The molecule has 0 radical (unpaired) electrons. The van der Waals surface area contributed by atoms with Gasteiger partial charge in [0.2, 0.25) is 0 Å². The van der Waals surface area contributed by atoms with Crippen LogP contribution < -0.4 is 0 Å². The summed E-state index contributed by atoms with van der Waals surface area (Å²) in [4.78, 5) is 12.9. The second kappa shape index (κ2) is 47.3. The molecule has 13 heteroatoms. The van der Waals surface area contributed by atoms with Gasteiger partial charge in [0.05, 0.1) is 19.8 Å². The van der Waals surface area contributed by atoms with Crippen LogP contribution in [0.3, 0.4) is 0 Å². The maximum Gasteiger partial charge on any atom is 0.397 e. The number of esters is 1. The number of carbonyl (C=O) groups excluding carboxylic acids is 1. The highest BCUT2D eigenvalue weighted by Crippen LogP contribution is 2.26. The Balaban J connectivity index is 2.32. The van der Waals surface area contributed by atoms with Gasteiger partial charge in [-0.15, -0.1) is 0 Å². The van der Waals surface area contributed by atoms with Crippen molar-refractivity contribution < 1.29 is 56.2 Å². The van der Waals surface area contributed by atoms with Gasteiger partial charge in [-0.2, -0.15) is 8.42 Å². The molecule has 0 bridgehead atoms. The van der Waals surface area contributed by atoms with E-state index in [-0.39, 0.29) is 19.6 Å². The van der Waals surface area contributed by atoms with Gasteiger partial charge in [0.1, 0.15) is 30.5 Å². The Morgan fingerprint density at radius 1 is 0.551 bits per heavy atom. The summed E-state index contributed by atoms with van der Waals surface area (Å²) in [5, 5.41) is 30.8. The fraction of sp³-hybridized carbons (Fsp3) is 0.875. The van der Waals surface area contributed by atoms with E-state index in [0.29, 0.717) is 13.0 Å². The molecule has 0 amide bonds. The number of carbonyl (C=O) groups is 1. The molecule has 406 valence electrons. The molecule has 1 heterocycles. The van der Waals surface area contributed by atoms with Crippen molar-refractivity contribution >= 4 is 16.4 Å². The van der Waals surface area contributed by atoms with E-state index >= 15 is 0 Å². The minimum Gasteiger partial charge on any atom is -0.457 e. The highest BCUT2D eigenvalue weighted by molar-refractivity contribution is 7.80. The van der Waals surface area contributed by atoms with Gasteiger partial charge in [-0.25, -0.2) is 4.18 Å². The van der Waals surface area contributed by atoms with Gasteiger partial charge >= 0.3 is 16.4 Å². The van der Waals surface area contributed by atoms with Crippen LogP contribution in [0.15, 0.2) is 36.5 Å². The lowest BCUT2D eigenvalue weighted by atomic mass is 9.99. The third-order valence-electron chi connectivity index (χ3n) is 13.0. The Hall–Kier alpha value is -1.68. The number of rotatable bonds is 50. The van der Waals surface area contributed by atoms with E-state index in [1.807, 2.05) is 0 Å². The molecule has 1 aliphatic heterocycles. The average molecular weight is 1000 g/mol. The predicted molar refractivity (Wildman–Crippen MR) is 280 cm³/mol. The van der Waals surface area contributed by atoms with Crippen LogP contribution >= 0.6 is 0 Å². The van der Waals surface area contributed by atoms with E-state index < -0.39 is 59.8 Å². The standard InChI is InChI=1S/C56H104O12S/c1-3-5-7-9-11-13-15-17-19-21-23-25-26-28-30-32-34-36-38-40-42-44-46-64-48-50(49-65-56-54(60)55(68-69(61,62)63)53(59)51(47-57)67-56)66-52(58)45-43-41-39-37-35-33-31-29-27-24-22-20-18-16-14-12-10-8-6-4-2/h15,17,21,23,26,28,50-51,53-57,59-60H,3-14,16,18-20,22,24-25,27,29-49H2,1-2H3,(H,61,62,63)/b17-15-,23-21-,28-26-. The molecule has 0 aromatic heterocycles. The smallest absolute Gasteiger partial charge is 0.397 e. The number of aliphatic hydroxyl groups is 3. The molecule has 1 fully saturated rings. The quantitative estimate of drug-likeness (QED) is 0.0196. The number of unbranched alkanes of at least 4 members (excludes halogenated alkanes) is 31. The normalized spacial score (nSPS) is 19.4. The van der Waals surface area contributed by atoms with Crippen LogP contribution in [-0.2, 0) is 38.3 Å². The molecule has 0 saturated carbocycles. The summed E-state index contributed by atoms with van der Waals surface area (Å²) in [6, 6.07) is 0. The van der Waals surface area contributed by atoms with Gasteiger partial charge in [0, 0.05) is 13.0 Å². The molecule has 0 aromatic rings. The minimum absolute atomic E-state index is 0.0322. The van der Waals surface area contributed by atoms with Gasteiger partial charge in [-0.3, -0.25) is 9.35 Å². The van der Waals surface area contributed by atoms with Crippen molar-refractivity contribution in [3.8, 4) is 0 Å². The van der Waals surface area contributed by atoms with Crippen LogP contribution in [-0.4, -0.2) is 97.5 Å². The van der Waals surface area contributed by atoms with Crippen molar-refractivity contribution in [2.24, 2.45) is 0 Å². The number of ether oxygens (including phenoxy) is 4. The Morgan fingerprint density at radius 2 is 0.957 bits per heavy atom. The fourth-order valence-electron chi connectivity index (χ4n) is 8.74. The van der Waals surface area contributed by atoms with Crippen LogP contribution in [0, 0.1) is 0 Å². The second-order valence-electron chi connectivity index (χ2n) is 19.5. The van der Waals surface area contributed by atoms with Crippen LogP contribution in [0.1, 0.15) is 251 Å². The van der Waals surface area contributed by atoms with E-state index in [1.165, 1.54) is 167 Å². The van der Waals surface area contributed by atoms with Gasteiger partial charge in [0.15, 0.2) is 6.29 Å². The molecule has 0 aliphatic carbocycles.